The van der Waals surface area contributed by atoms with E-state index in [2.05, 4.69) is 0 Å². The van der Waals surface area contributed by atoms with Gasteiger partial charge in [-0.25, -0.2) is 8.42 Å². The topological polar surface area (TPSA) is 72.9 Å². The average Bonchev–Trinajstić information content (AvgIpc) is 2.33. The Hall–Kier alpha value is -0.150. The molecule has 0 aromatic rings. The highest BCUT2D eigenvalue weighted by molar-refractivity contribution is 7.90. The van der Waals surface area contributed by atoms with Crippen molar-refractivity contribution in [2.45, 2.75) is 32.7 Å². The fraction of sp³-hybridized carbons (Fsp3) is 1.00. The molecule has 0 rings (SSSR count). The molecule has 0 saturated carbocycles. The van der Waals surface area contributed by atoms with E-state index in [0.29, 0.717) is 4.31 Å². The third kappa shape index (κ3) is 6.23. The molecule has 11 heteroatoms. The predicted molar refractivity (Wildman–Crippen MR) is 72.6 cm³/mol. The van der Waals surface area contributed by atoms with Gasteiger partial charge in [-0.2, -0.15) is 17.5 Å². The SMILES string of the molecule is CCOP(=O)(CCCN(CC)S(=O)(=O)C(F)(F)F)OCC. The van der Waals surface area contributed by atoms with Gasteiger partial charge in [-0.3, -0.25) is 4.57 Å². The molecule has 0 aliphatic rings. The van der Waals surface area contributed by atoms with Gasteiger partial charge >= 0.3 is 23.1 Å². The lowest BCUT2D eigenvalue weighted by atomic mass is 10.5. The highest BCUT2D eigenvalue weighted by Crippen LogP contribution is 2.48. The average molecular weight is 355 g/mol. The van der Waals surface area contributed by atoms with E-state index in [9.17, 15) is 26.2 Å². The Morgan fingerprint density at radius 1 is 1.10 bits per heavy atom. The molecule has 0 saturated heterocycles. The maximum atomic E-state index is 12.4. The smallest absolute Gasteiger partial charge is 0.309 e. The van der Waals surface area contributed by atoms with Crippen molar-refractivity contribution in [3.63, 3.8) is 0 Å². The molecule has 128 valence electrons. The van der Waals surface area contributed by atoms with Crippen LogP contribution in [0, 0.1) is 0 Å². The van der Waals surface area contributed by atoms with Crippen LogP contribution in [0.5, 0.6) is 0 Å². The summed E-state index contributed by atoms with van der Waals surface area (Å²) < 4.78 is 82.2. The fourth-order valence-corrected chi connectivity index (χ4v) is 4.25. The van der Waals surface area contributed by atoms with Crippen LogP contribution in [0.1, 0.15) is 27.2 Å². The summed E-state index contributed by atoms with van der Waals surface area (Å²) in [4.78, 5) is 0. The van der Waals surface area contributed by atoms with Crippen molar-refractivity contribution in [2.75, 3.05) is 32.5 Å². The van der Waals surface area contributed by atoms with Crippen LogP contribution in [-0.4, -0.2) is 50.7 Å². The van der Waals surface area contributed by atoms with Gasteiger partial charge in [0.05, 0.1) is 19.4 Å². The van der Waals surface area contributed by atoms with E-state index in [1.165, 1.54) is 6.92 Å². The van der Waals surface area contributed by atoms with Crippen LogP contribution in [0.3, 0.4) is 0 Å². The molecule has 0 unspecified atom stereocenters. The van der Waals surface area contributed by atoms with E-state index in [1.54, 1.807) is 13.8 Å². The first-order valence-corrected chi connectivity index (χ1v) is 9.65. The molecule has 0 heterocycles. The number of hydrogen-bond acceptors (Lipinski definition) is 5. The first-order chi connectivity index (χ1) is 9.54. The van der Waals surface area contributed by atoms with Gasteiger partial charge < -0.3 is 9.05 Å². The van der Waals surface area contributed by atoms with Crippen molar-refractivity contribution >= 4 is 17.6 Å². The van der Waals surface area contributed by atoms with Crippen LogP contribution in [0.25, 0.3) is 0 Å². The summed E-state index contributed by atoms with van der Waals surface area (Å²) in [5, 5.41) is 0. The Bertz CT molecular complexity index is 444. The zero-order valence-corrected chi connectivity index (χ0v) is 13.9. The minimum absolute atomic E-state index is 0.0551. The maximum Gasteiger partial charge on any atom is 0.511 e. The molecule has 0 aromatic carbocycles. The van der Waals surface area contributed by atoms with Gasteiger partial charge in [-0.05, 0) is 20.3 Å². The zero-order chi connectivity index (χ0) is 16.7. The van der Waals surface area contributed by atoms with Crippen LogP contribution in [0.4, 0.5) is 13.2 Å². The zero-order valence-electron chi connectivity index (χ0n) is 12.2. The van der Waals surface area contributed by atoms with Crippen LogP contribution >= 0.6 is 7.60 Å². The summed E-state index contributed by atoms with van der Waals surface area (Å²) in [5.74, 6) is 0. The molecule has 0 aliphatic heterocycles. The monoisotopic (exact) mass is 355 g/mol. The van der Waals surface area contributed by atoms with Crippen LogP contribution < -0.4 is 0 Å². The second-order valence-corrected chi connectivity index (χ2v) is 8.08. The number of hydrogen-bond donors (Lipinski definition) is 0. The third-order valence-corrected chi connectivity index (χ3v) is 6.35. The minimum Gasteiger partial charge on any atom is -0.309 e. The summed E-state index contributed by atoms with van der Waals surface area (Å²) in [5.41, 5.74) is -5.34. The predicted octanol–water partition coefficient (Wildman–Crippen LogP) is 2.81. The molecule has 0 fully saturated rings. The Balaban J connectivity index is 4.72. The lowest BCUT2D eigenvalue weighted by Gasteiger charge is -2.23. The second-order valence-electron chi connectivity index (χ2n) is 3.97. The summed E-state index contributed by atoms with van der Waals surface area (Å²) in [6, 6.07) is 0. The molecule has 0 spiro atoms. The van der Waals surface area contributed by atoms with Crippen molar-refractivity contribution < 1.29 is 35.2 Å². The third-order valence-electron chi connectivity index (χ3n) is 2.48. The number of sulfonamides is 1. The quantitative estimate of drug-likeness (QED) is 0.564. The molecule has 0 aromatic heterocycles. The van der Waals surface area contributed by atoms with E-state index in [1.807, 2.05) is 0 Å². The van der Waals surface area contributed by atoms with E-state index >= 15 is 0 Å². The number of alkyl halides is 3. The normalized spacial score (nSPS) is 13.9. The largest absolute Gasteiger partial charge is 0.511 e. The molecule has 0 aliphatic carbocycles. The Kier molecular flexibility index (Phi) is 8.41. The molecule has 0 radical (unpaired) electrons. The van der Waals surface area contributed by atoms with Crippen LogP contribution in [0.15, 0.2) is 0 Å². The second kappa shape index (κ2) is 8.47. The van der Waals surface area contributed by atoms with E-state index in [-0.39, 0.29) is 32.3 Å². The summed E-state index contributed by atoms with van der Waals surface area (Å²) in [7, 11) is -8.75. The summed E-state index contributed by atoms with van der Waals surface area (Å²) in [6.07, 6.45) is -0.195. The van der Waals surface area contributed by atoms with Crippen molar-refractivity contribution in [2.24, 2.45) is 0 Å². The highest BCUT2D eigenvalue weighted by atomic mass is 32.2. The summed E-state index contributed by atoms with van der Waals surface area (Å²) in [6.45, 7) is 4.06. The summed E-state index contributed by atoms with van der Waals surface area (Å²) >= 11 is 0. The molecule has 0 N–H and O–H groups in total. The highest BCUT2D eigenvalue weighted by Gasteiger charge is 2.49. The van der Waals surface area contributed by atoms with Crippen molar-refractivity contribution in [3.05, 3.63) is 0 Å². The molecular weight excluding hydrogens is 334 g/mol. The molecule has 0 amide bonds. The van der Waals surface area contributed by atoms with Crippen molar-refractivity contribution in [1.29, 1.82) is 0 Å². The van der Waals surface area contributed by atoms with Gasteiger partial charge in [0, 0.05) is 13.1 Å². The first-order valence-electron chi connectivity index (χ1n) is 6.48. The number of nitrogens with zero attached hydrogens (tertiary/aromatic N) is 1. The molecule has 0 bridgehead atoms. The Labute approximate surface area is 123 Å². The van der Waals surface area contributed by atoms with Crippen LogP contribution in [0.2, 0.25) is 0 Å². The van der Waals surface area contributed by atoms with Crippen LogP contribution in [-0.2, 0) is 23.6 Å². The lowest BCUT2D eigenvalue weighted by Crippen LogP contribution is -2.41. The van der Waals surface area contributed by atoms with E-state index in [4.69, 9.17) is 9.05 Å². The van der Waals surface area contributed by atoms with Gasteiger partial charge in [0.25, 0.3) is 0 Å². The van der Waals surface area contributed by atoms with E-state index in [0.717, 1.165) is 0 Å². The first kappa shape index (κ1) is 20.9. The van der Waals surface area contributed by atoms with Gasteiger partial charge in [-0.15, -0.1) is 0 Å². The fourth-order valence-electron chi connectivity index (χ4n) is 1.60. The van der Waals surface area contributed by atoms with Crippen molar-refractivity contribution in [3.8, 4) is 0 Å². The van der Waals surface area contributed by atoms with Gasteiger partial charge in [0.15, 0.2) is 0 Å². The van der Waals surface area contributed by atoms with Gasteiger partial charge in [0.1, 0.15) is 0 Å². The minimum atomic E-state index is -5.37. The molecule has 21 heavy (non-hydrogen) atoms. The number of rotatable bonds is 10. The Morgan fingerprint density at radius 3 is 1.90 bits per heavy atom. The lowest BCUT2D eigenvalue weighted by molar-refractivity contribution is -0.0487. The Morgan fingerprint density at radius 2 is 1.57 bits per heavy atom. The maximum absolute atomic E-state index is 12.4. The molecule has 6 nitrogen and oxygen atoms in total. The van der Waals surface area contributed by atoms with Gasteiger partial charge in [0.2, 0.25) is 0 Å². The van der Waals surface area contributed by atoms with E-state index < -0.39 is 29.7 Å². The molecule has 0 atom stereocenters. The standard InChI is InChI=1S/C10H21F3NO5PS/c1-4-14(21(16,17)10(11,12)13)8-7-9-20(15,18-5-2)19-6-3/h4-9H2,1-3H3. The van der Waals surface area contributed by atoms with Crippen molar-refractivity contribution in [1.82, 2.24) is 4.31 Å². The number of halogens is 3. The van der Waals surface area contributed by atoms with Gasteiger partial charge in [-0.1, -0.05) is 6.92 Å². The molecular formula is C10H21F3NO5PS.